The Balaban J connectivity index is 2.71. The second-order valence-corrected chi connectivity index (χ2v) is 5.35. The second kappa shape index (κ2) is 6.64. The summed E-state index contributed by atoms with van der Waals surface area (Å²) in [4.78, 5) is 18.0. The standard InChI is InChI=1S/C11H20N4OS/c1-5-14(7-9(3)4)11(16)15-8-12-10(13-15)17-6-2/h8-9H,5-7H2,1-4H3. The van der Waals surface area contributed by atoms with Crippen LogP contribution in [-0.2, 0) is 0 Å². The normalized spacial score (nSPS) is 10.9. The van der Waals surface area contributed by atoms with E-state index in [0.29, 0.717) is 17.6 Å². The molecule has 1 aromatic rings. The van der Waals surface area contributed by atoms with Crippen LogP contribution in [0, 0.1) is 5.92 Å². The van der Waals surface area contributed by atoms with E-state index in [-0.39, 0.29) is 6.03 Å². The lowest BCUT2D eigenvalue weighted by molar-refractivity contribution is 0.192. The van der Waals surface area contributed by atoms with E-state index in [1.165, 1.54) is 22.8 Å². The summed E-state index contributed by atoms with van der Waals surface area (Å²) in [6.07, 6.45) is 1.49. The zero-order valence-corrected chi connectivity index (χ0v) is 11.7. The molecule has 0 spiro atoms. The van der Waals surface area contributed by atoms with Crippen LogP contribution in [0.4, 0.5) is 4.79 Å². The SMILES string of the molecule is CCSc1ncn(C(=O)N(CC)CC(C)C)n1. The van der Waals surface area contributed by atoms with Crippen molar-refractivity contribution in [3.63, 3.8) is 0 Å². The summed E-state index contributed by atoms with van der Waals surface area (Å²) in [5.41, 5.74) is 0. The lowest BCUT2D eigenvalue weighted by Gasteiger charge is -2.21. The van der Waals surface area contributed by atoms with Crippen LogP contribution < -0.4 is 0 Å². The first-order valence-electron chi connectivity index (χ1n) is 5.92. The predicted octanol–water partition coefficient (Wildman–Crippen LogP) is 2.34. The van der Waals surface area contributed by atoms with Gasteiger partial charge in [-0.05, 0) is 18.6 Å². The van der Waals surface area contributed by atoms with Crippen LogP contribution in [0.3, 0.4) is 0 Å². The Labute approximate surface area is 107 Å². The smallest absolute Gasteiger partial charge is 0.323 e. The van der Waals surface area contributed by atoms with Gasteiger partial charge in [-0.3, -0.25) is 0 Å². The largest absolute Gasteiger partial charge is 0.346 e. The molecule has 6 heteroatoms. The molecule has 0 saturated heterocycles. The van der Waals surface area contributed by atoms with Gasteiger partial charge in [-0.25, -0.2) is 9.78 Å². The molecule has 1 heterocycles. The lowest BCUT2D eigenvalue weighted by Crippen LogP contribution is -2.37. The first-order chi connectivity index (χ1) is 8.08. The molecule has 0 atom stereocenters. The highest BCUT2D eigenvalue weighted by atomic mass is 32.2. The monoisotopic (exact) mass is 256 g/mol. The van der Waals surface area contributed by atoms with Crippen LogP contribution in [0.2, 0.25) is 0 Å². The Morgan fingerprint density at radius 3 is 2.76 bits per heavy atom. The second-order valence-electron chi connectivity index (χ2n) is 4.12. The van der Waals surface area contributed by atoms with E-state index >= 15 is 0 Å². The van der Waals surface area contributed by atoms with Gasteiger partial charge >= 0.3 is 6.03 Å². The molecule has 0 aliphatic heterocycles. The summed E-state index contributed by atoms with van der Waals surface area (Å²) in [5, 5.41) is 4.81. The van der Waals surface area contributed by atoms with E-state index < -0.39 is 0 Å². The fourth-order valence-electron chi connectivity index (χ4n) is 1.46. The van der Waals surface area contributed by atoms with Crippen molar-refractivity contribution in [1.29, 1.82) is 0 Å². The molecule has 0 radical (unpaired) electrons. The van der Waals surface area contributed by atoms with Crippen LogP contribution in [0.5, 0.6) is 0 Å². The maximum Gasteiger partial charge on any atom is 0.346 e. The van der Waals surface area contributed by atoms with Crippen LogP contribution in [0.1, 0.15) is 27.7 Å². The highest BCUT2D eigenvalue weighted by molar-refractivity contribution is 7.99. The van der Waals surface area contributed by atoms with Crippen molar-refractivity contribution >= 4 is 17.8 Å². The van der Waals surface area contributed by atoms with Crippen molar-refractivity contribution in [3.05, 3.63) is 6.33 Å². The number of hydrogen-bond acceptors (Lipinski definition) is 4. The molecule has 0 bridgehead atoms. The minimum absolute atomic E-state index is 0.100. The van der Waals surface area contributed by atoms with Gasteiger partial charge in [0, 0.05) is 13.1 Å². The van der Waals surface area contributed by atoms with Crippen molar-refractivity contribution in [3.8, 4) is 0 Å². The highest BCUT2D eigenvalue weighted by Crippen LogP contribution is 2.11. The first-order valence-corrected chi connectivity index (χ1v) is 6.90. The highest BCUT2D eigenvalue weighted by Gasteiger charge is 2.16. The molecule has 0 aliphatic carbocycles. The van der Waals surface area contributed by atoms with Gasteiger partial charge < -0.3 is 4.90 Å². The van der Waals surface area contributed by atoms with Gasteiger partial charge in [0.1, 0.15) is 6.33 Å². The molecule has 96 valence electrons. The maximum absolute atomic E-state index is 12.1. The topological polar surface area (TPSA) is 51.0 Å². The molecular weight excluding hydrogens is 236 g/mol. The molecule has 1 aromatic heterocycles. The van der Waals surface area contributed by atoms with E-state index in [2.05, 4.69) is 23.9 Å². The van der Waals surface area contributed by atoms with Gasteiger partial charge in [-0.2, -0.15) is 4.68 Å². The van der Waals surface area contributed by atoms with Crippen LogP contribution in [0.25, 0.3) is 0 Å². The molecule has 0 unspecified atom stereocenters. The van der Waals surface area contributed by atoms with Gasteiger partial charge in [0.25, 0.3) is 0 Å². The molecule has 1 rings (SSSR count). The third-order valence-corrected chi connectivity index (χ3v) is 2.91. The lowest BCUT2D eigenvalue weighted by atomic mass is 10.2. The molecule has 0 aromatic carbocycles. The number of nitrogens with zero attached hydrogens (tertiary/aromatic N) is 4. The van der Waals surface area contributed by atoms with E-state index in [1.54, 1.807) is 4.90 Å². The zero-order chi connectivity index (χ0) is 12.8. The van der Waals surface area contributed by atoms with Gasteiger partial charge in [-0.1, -0.05) is 32.5 Å². The van der Waals surface area contributed by atoms with Crippen molar-refractivity contribution in [2.75, 3.05) is 18.8 Å². The van der Waals surface area contributed by atoms with Crippen molar-refractivity contribution in [1.82, 2.24) is 19.7 Å². The Morgan fingerprint density at radius 2 is 2.24 bits per heavy atom. The number of thioether (sulfide) groups is 1. The van der Waals surface area contributed by atoms with E-state index in [9.17, 15) is 4.79 Å². The molecule has 0 N–H and O–H groups in total. The number of rotatable bonds is 5. The quantitative estimate of drug-likeness (QED) is 0.759. The Hall–Kier alpha value is -1.04. The van der Waals surface area contributed by atoms with Gasteiger partial charge in [0.05, 0.1) is 0 Å². The van der Waals surface area contributed by atoms with Crippen LogP contribution in [-0.4, -0.2) is 44.5 Å². The van der Waals surface area contributed by atoms with E-state index in [1.807, 2.05) is 13.8 Å². The fraction of sp³-hybridized carbons (Fsp3) is 0.727. The average Bonchev–Trinajstić information content (AvgIpc) is 2.74. The van der Waals surface area contributed by atoms with Crippen molar-refractivity contribution in [2.24, 2.45) is 5.92 Å². The Bertz CT molecular complexity index is 364. The first kappa shape index (κ1) is 14.0. The summed E-state index contributed by atoms with van der Waals surface area (Å²) in [7, 11) is 0. The van der Waals surface area contributed by atoms with Crippen molar-refractivity contribution in [2.45, 2.75) is 32.9 Å². The van der Waals surface area contributed by atoms with Gasteiger partial charge in [0.15, 0.2) is 0 Å². The molecule has 0 aliphatic rings. The fourth-order valence-corrected chi connectivity index (χ4v) is 1.99. The minimum Gasteiger partial charge on any atom is -0.323 e. The Morgan fingerprint density at radius 1 is 1.53 bits per heavy atom. The number of hydrogen-bond donors (Lipinski definition) is 0. The molecule has 0 fully saturated rings. The molecule has 17 heavy (non-hydrogen) atoms. The number of carbonyl (C=O) groups excluding carboxylic acids is 1. The summed E-state index contributed by atoms with van der Waals surface area (Å²) in [6, 6.07) is -0.100. The zero-order valence-electron chi connectivity index (χ0n) is 10.9. The molecule has 1 amide bonds. The maximum atomic E-state index is 12.1. The molecule has 5 nitrogen and oxygen atoms in total. The van der Waals surface area contributed by atoms with Crippen LogP contribution in [0.15, 0.2) is 11.5 Å². The van der Waals surface area contributed by atoms with Crippen molar-refractivity contribution < 1.29 is 4.79 Å². The van der Waals surface area contributed by atoms with Gasteiger partial charge in [0.2, 0.25) is 5.16 Å². The number of aromatic nitrogens is 3. The minimum atomic E-state index is -0.100. The number of carbonyl (C=O) groups is 1. The predicted molar refractivity (Wildman–Crippen MR) is 69.3 cm³/mol. The summed E-state index contributed by atoms with van der Waals surface area (Å²) >= 11 is 1.53. The third kappa shape index (κ3) is 4.03. The summed E-state index contributed by atoms with van der Waals surface area (Å²) < 4.78 is 1.32. The van der Waals surface area contributed by atoms with Gasteiger partial charge in [-0.15, -0.1) is 5.10 Å². The Kier molecular flexibility index (Phi) is 5.47. The summed E-state index contributed by atoms with van der Waals surface area (Å²) in [6.45, 7) is 9.62. The van der Waals surface area contributed by atoms with E-state index in [0.717, 1.165) is 12.3 Å². The van der Waals surface area contributed by atoms with Crippen LogP contribution >= 0.6 is 11.8 Å². The third-order valence-electron chi connectivity index (χ3n) is 2.18. The summed E-state index contributed by atoms with van der Waals surface area (Å²) in [5.74, 6) is 1.36. The average molecular weight is 256 g/mol. The number of amides is 1. The van der Waals surface area contributed by atoms with E-state index in [4.69, 9.17) is 0 Å². The molecule has 0 saturated carbocycles. The molecular formula is C11H20N4OS.